The molecule has 4 nitrogen and oxygen atoms in total. The lowest BCUT2D eigenvalue weighted by molar-refractivity contribution is 0.0234. The lowest BCUT2D eigenvalue weighted by Crippen LogP contribution is -2.43. The summed E-state index contributed by atoms with van der Waals surface area (Å²) in [5.74, 6) is 0.607. The van der Waals surface area contributed by atoms with E-state index in [-0.39, 0.29) is 6.09 Å². The highest BCUT2D eigenvalue weighted by Crippen LogP contribution is 2.28. The van der Waals surface area contributed by atoms with Crippen molar-refractivity contribution < 1.29 is 9.53 Å². The van der Waals surface area contributed by atoms with Crippen LogP contribution >= 0.6 is 0 Å². The molecular formula is C15H30N2O2. The molecule has 1 amide bonds. The van der Waals surface area contributed by atoms with E-state index in [2.05, 4.69) is 26.1 Å². The molecule has 0 bridgehead atoms. The fraction of sp³-hybridized carbons (Fsp3) is 0.933. The molecule has 1 atom stereocenters. The molecule has 19 heavy (non-hydrogen) atoms. The van der Waals surface area contributed by atoms with Gasteiger partial charge in [-0.2, -0.15) is 0 Å². The van der Waals surface area contributed by atoms with Gasteiger partial charge in [-0.05, 0) is 46.5 Å². The van der Waals surface area contributed by atoms with Gasteiger partial charge in [0.05, 0.1) is 0 Å². The Labute approximate surface area is 117 Å². The first-order valence-corrected chi connectivity index (χ1v) is 7.43. The molecule has 1 aliphatic carbocycles. The van der Waals surface area contributed by atoms with Crippen molar-refractivity contribution in [1.82, 2.24) is 10.2 Å². The van der Waals surface area contributed by atoms with Crippen molar-refractivity contribution in [3.05, 3.63) is 0 Å². The van der Waals surface area contributed by atoms with Crippen molar-refractivity contribution in [3.63, 3.8) is 0 Å². The SMILES string of the molecule is CC(C)C(C)NCCN(C(=O)OC(C)(C)C)C1CC1. The van der Waals surface area contributed by atoms with Crippen LogP contribution in [0.1, 0.15) is 54.4 Å². The molecule has 0 aromatic rings. The molecule has 1 rings (SSSR count). The summed E-state index contributed by atoms with van der Waals surface area (Å²) in [6.45, 7) is 13.9. The van der Waals surface area contributed by atoms with E-state index in [1.807, 2.05) is 25.7 Å². The van der Waals surface area contributed by atoms with E-state index < -0.39 is 5.60 Å². The van der Waals surface area contributed by atoms with Crippen molar-refractivity contribution in [1.29, 1.82) is 0 Å². The maximum absolute atomic E-state index is 12.1. The monoisotopic (exact) mass is 270 g/mol. The molecule has 112 valence electrons. The third-order valence-electron chi connectivity index (χ3n) is 3.43. The third-order valence-corrected chi connectivity index (χ3v) is 3.43. The first-order chi connectivity index (χ1) is 8.70. The topological polar surface area (TPSA) is 41.6 Å². The van der Waals surface area contributed by atoms with Gasteiger partial charge >= 0.3 is 6.09 Å². The van der Waals surface area contributed by atoms with E-state index in [0.717, 1.165) is 25.9 Å². The molecule has 1 N–H and O–H groups in total. The smallest absolute Gasteiger partial charge is 0.410 e. The Balaban J connectivity index is 2.39. The molecule has 1 saturated carbocycles. The Kier molecular flexibility index (Phi) is 5.65. The van der Waals surface area contributed by atoms with Gasteiger partial charge < -0.3 is 15.0 Å². The van der Waals surface area contributed by atoms with E-state index >= 15 is 0 Å². The molecule has 1 unspecified atom stereocenters. The van der Waals surface area contributed by atoms with Gasteiger partial charge in [0.2, 0.25) is 0 Å². The standard InChI is InChI=1S/C15H30N2O2/c1-11(2)12(3)16-9-10-17(13-7-8-13)14(18)19-15(4,5)6/h11-13,16H,7-10H2,1-6H3. The average molecular weight is 270 g/mol. The highest BCUT2D eigenvalue weighted by molar-refractivity contribution is 5.69. The Morgan fingerprint density at radius 1 is 1.32 bits per heavy atom. The predicted octanol–water partition coefficient (Wildman–Crippen LogP) is 3.02. The number of rotatable bonds is 6. The third kappa shape index (κ3) is 6.28. The molecule has 4 heteroatoms. The van der Waals surface area contributed by atoms with Crippen molar-refractivity contribution in [3.8, 4) is 0 Å². The second-order valence-corrected chi connectivity index (χ2v) is 6.89. The molecule has 1 fully saturated rings. The van der Waals surface area contributed by atoms with E-state index in [1.165, 1.54) is 0 Å². The molecule has 0 spiro atoms. The number of carbonyl (C=O) groups excluding carboxylic acids is 1. The average Bonchev–Trinajstić information content (AvgIpc) is 3.04. The number of carbonyl (C=O) groups is 1. The largest absolute Gasteiger partial charge is 0.444 e. The van der Waals surface area contributed by atoms with Crippen LogP contribution < -0.4 is 5.32 Å². The van der Waals surface area contributed by atoms with Gasteiger partial charge in [0.15, 0.2) is 0 Å². The van der Waals surface area contributed by atoms with Crippen molar-refractivity contribution in [2.75, 3.05) is 13.1 Å². The van der Waals surface area contributed by atoms with Gasteiger partial charge in [-0.15, -0.1) is 0 Å². The molecule has 0 aromatic heterocycles. The Morgan fingerprint density at radius 2 is 1.89 bits per heavy atom. The summed E-state index contributed by atoms with van der Waals surface area (Å²) < 4.78 is 5.47. The molecule has 0 aliphatic heterocycles. The summed E-state index contributed by atoms with van der Waals surface area (Å²) in [6, 6.07) is 0.866. The minimum Gasteiger partial charge on any atom is -0.444 e. The zero-order valence-electron chi connectivity index (χ0n) is 13.3. The molecule has 0 heterocycles. The Morgan fingerprint density at radius 3 is 2.32 bits per heavy atom. The first kappa shape index (κ1) is 16.3. The predicted molar refractivity (Wildman–Crippen MR) is 78.3 cm³/mol. The van der Waals surface area contributed by atoms with E-state index in [9.17, 15) is 4.79 Å². The van der Waals surface area contributed by atoms with Crippen molar-refractivity contribution >= 4 is 6.09 Å². The summed E-state index contributed by atoms with van der Waals surface area (Å²) in [7, 11) is 0. The number of hydrogen-bond donors (Lipinski definition) is 1. The van der Waals surface area contributed by atoms with Crippen LogP contribution in [-0.4, -0.2) is 41.8 Å². The van der Waals surface area contributed by atoms with E-state index in [0.29, 0.717) is 18.0 Å². The molecular weight excluding hydrogens is 240 g/mol. The number of hydrogen-bond acceptors (Lipinski definition) is 3. The van der Waals surface area contributed by atoms with Gasteiger partial charge in [0.25, 0.3) is 0 Å². The fourth-order valence-electron chi connectivity index (χ4n) is 1.78. The second-order valence-electron chi connectivity index (χ2n) is 6.89. The first-order valence-electron chi connectivity index (χ1n) is 7.43. The highest BCUT2D eigenvalue weighted by Gasteiger charge is 2.34. The van der Waals surface area contributed by atoms with Gasteiger partial charge in [0, 0.05) is 25.2 Å². The fourth-order valence-corrected chi connectivity index (χ4v) is 1.78. The summed E-state index contributed by atoms with van der Waals surface area (Å²) >= 11 is 0. The Bertz CT molecular complexity index is 293. The van der Waals surface area contributed by atoms with Crippen LogP contribution in [0.3, 0.4) is 0 Å². The lowest BCUT2D eigenvalue weighted by Gasteiger charge is -2.28. The van der Waals surface area contributed by atoms with Gasteiger partial charge in [-0.3, -0.25) is 0 Å². The maximum Gasteiger partial charge on any atom is 0.410 e. The second kappa shape index (κ2) is 6.60. The highest BCUT2D eigenvalue weighted by atomic mass is 16.6. The van der Waals surface area contributed by atoms with Crippen LogP contribution in [0.15, 0.2) is 0 Å². The number of nitrogens with one attached hydrogen (secondary N) is 1. The summed E-state index contributed by atoms with van der Waals surface area (Å²) in [4.78, 5) is 14.0. The molecule has 0 saturated heterocycles. The van der Waals surface area contributed by atoms with Gasteiger partial charge in [-0.25, -0.2) is 4.79 Å². The van der Waals surface area contributed by atoms with E-state index in [4.69, 9.17) is 4.74 Å². The van der Waals surface area contributed by atoms with Crippen LogP contribution in [0.4, 0.5) is 4.79 Å². The Hall–Kier alpha value is -0.770. The van der Waals surface area contributed by atoms with Gasteiger partial charge in [-0.1, -0.05) is 13.8 Å². The van der Waals surface area contributed by atoms with Crippen LogP contribution in [0.2, 0.25) is 0 Å². The minimum absolute atomic E-state index is 0.172. The molecule has 0 radical (unpaired) electrons. The number of amides is 1. The van der Waals surface area contributed by atoms with Crippen molar-refractivity contribution in [2.24, 2.45) is 5.92 Å². The van der Waals surface area contributed by atoms with Crippen LogP contribution in [0.25, 0.3) is 0 Å². The lowest BCUT2D eigenvalue weighted by atomic mass is 10.1. The summed E-state index contributed by atoms with van der Waals surface area (Å²) in [5, 5.41) is 3.46. The molecule has 1 aliphatic rings. The van der Waals surface area contributed by atoms with Crippen LogP contribution in [0.5, 0.6) is 0 Å². The summed E-state index contributed by atoms with van der Waals surface area (Å²) in [6.07, 6.45) is 2.05. The normalized spacial score (nSPS) is 17.4. The van der Waals surface area contributed by atoms with Gasteiger partial charge in [0.1, 0.15) is 5.60 Å². The van der Waals surface area contributed by atoms with E-state index in [1.54, 1.807) is 0 Å². The zero-order valence-corrected chi connectivity index (χ0v) is 13.3. The number of nitrogens with zero attached hydrogens (tertiary/aromatic N) is 1. The zero-order chi connectivity index (χ0) is 14.6. The molecule has 0 aromatic carbocycles. The summed E-state index contributed by atoms with van der Waals surface area (Å²) in [5.41, 5.74) is -0.414. The minimum atomic E-state index is -0.414. The quantitative estimate of drug-likeness (QED) is 0.806. The number of ether oxygens (including phenoxy) is 1. The van der Waals surface area contributed by atoms with Crippen LogP contribution in [-0.2, 0) is 4.74 Å². The van der Waals surface area contributed by atoms with Crippen LogP contribution in [0, 0.1) is 5.92 Å². The van der Waals surface area contributed by atoms with Crippen molar-refractivity contribution in [2.45, 2.75) is 72.1 Å². The maximum atomic E-state index is 12.1.